The third kappa shape index (κ3) is 2.84. The number of hydrogen-bond donors (Lipinski definition) is 0. The molecule has 0 spiro atoms. The van der Waals surface area contributed by atoms with Gasteiger partial charge >= 0.3 is 0 Å². The highest BCUT2D eigenvalue weighted by molar-refractivity contribution is 9.08. The van der Waals surface area contributed by atoms with Gasteiger partial charge in [0, 0.05) is 23.7 Å². The van der Waals surface area contributed by atoms with Crippen molar-refractivity contribution in [1.82, 2.24) is 9.78 Å². The molecule has 1 aromatic carbocycles. The van der Waals surface area contributed by atoms with Crippen molar-refractivity contribution in [3.63, 3.8) is 0 Å². The number of non-ortho nitro benzene ring substituents is 1. The van der Waals surface area contributed by atoms with Crippen LogP contribution in [0.15, 0.2) is 30.5 Å². The van der Waals surface area contributed by atoms with Gasteiger partial charge in [0.2, 0.25) is 0 Å². The van der Waals surface area contributed by atoms with Gasteiger partial charge < -0.3 is 0 Å². The second kappa shape index (κ2) is 5.52. The molecule has 0 unspecified atom stereocenters. The predicted molar refractivity (Wildman–Crippen MR) is 76.9 cm³/mol. The van der Waals surface area contributed by atoms with E-state index in [4.69, 9.17) is 0 Å². The summed E-state index contributed by atoms with van der Waals surface area (Å²) in [6.07, 6.45) is 1.88. The van der Waals surface area contributed by atoms with Crippen LogP contribution in [-0.4, -0.2) is 14.7 Å². The molecule has 0 fully saturated rings. The lowest BCUT2D eigenvalue weighted by Gasteiger charge is -2.07. The molecular weight excluding hydrogens is 310 g/mol. The number of benzene rings is 1. The summed E-state index contributed by atoms with van der Waals surface area (Å²) >= 11 is 3.36. The van der Waals surface area contributed by atoms with Crippen LogP contribution in [0.5, 0.6) is 0 Å². The predicted octanol–water partition coefficient (Wildman–Crippen LogP) is 3.80. The average Bonchev–Trinajstić information content (AvgIpc) is 2.87. The number of hydrogen-bond acceptors (Lipinski definition) is 3. The van der Waals surface area contributed by atoms with Crippen molar-refractivity contribution in [3.8, 4) is 5.69 Å². The molecule has 6 heteroatoms. The molecule has 0 aliphatic rings. The summed E-state index contributed by atoms with van der Waals surface area (Å²) in [4.78, 5) is 10.4. The maximum atomic E-state index is 10.8. The second-order valence-corrected chi connectivity index (χ2v) is 5.10. The zero-order valence-electron chi connectivity index (χ0n) is 10.7. The Morgan fingerprint density at radius 2 is 2.16 bits per heavy atom. The van der Waals surface area contributed by atoms with Crippen molar-refractivity contribution in [2.45, 2.75) is 25.1 Å². The topological polar surface area (TPSA) is 61.0 Å². The van der Waals surface area contributed by atoms with Gasteiger partial charge in [-0.2, -0.15) is 5.10 Å². The molecular formula is C13H14BrN3O2. The number of halogens is 1. The van der Waals surface area contributed by atoms with Crippen LogP contribution in [0.2, 0.25) is 0 Å². The fraction of sp³-hybridized carbons (Fsp3) is 0.308. The maximum absolute atomic E-state index is 10.8. The molecule has 100 valence electrons. The van der Waals surface area contributed by atoms with Crippen molar-refractivity contribution in [2.24, 2.45) is 0 Å². The van der Waals surface area contributed by atoms with Gasteiger partial charge in [-0.1, -0.05) is 29.8 Å². The lowest BCUT2D eigenvalue weighted by molar-refractivity contribution is -0.384. The second-order valence-electron chi connectivity index (χ2n) is 4.54. The van der Waals surface area contributed by atoms with Crippen LogP contribution < -0.4 is 0 Å². The quantitative estimate of drug-likeness (QED) is 0.488. The van der Waals surface area contributed by atoms with E-state index >= 15 is 0 Å². The van der Waals surface area contributed by atoms with E-state index in [0.717, 1.165) is 16.9 Å². The Bertz CT molecular complexity index is 608. The van der Waals surface area contributed by atoms with E-state index in [1.165, 1.54) is 6.07 Å². The highest BCUT2D eigenvalue weighted by atomic mass is 79.9. The van der Waals surface area contributed by atoms with Crippen LogP contribution in [0.3, 0.4) is 0 Å². The highest BCUT2D eigenvalue weighted by Gasteiger charge is 2.12. The van der Waals surface area contributed by atoms with Crippen LogP contribution in [0.1, 0.15) is 31.0 Å². The first kappa shape index (κ1) is 13.7. The third-order valence-corrected chi connectivity index (χ3v) is 3.47. The molecule has 2 rings (SSSR count). The summed E-state index contributed by atoms with van der Waals surface area (Å²) < 4.78 is 1.76. The number of alkyl halides is 1. The Balaban J connectivity index is 2.46. The molecule has 0 amide bonds. The number of aromatic nitrogens is 2. The van der Waals surface area contributed by atoms with Gasteiger partial charge in [0.1, 0.15) is 0 Å². The lowest BCUT2D eigenvalue weighted by Crippen LogP contribution is -2.01. The van der Waals surface area contributed by atoms with Crippen LogP contribution in [0.4, 0.5) is 5.69 Å². The molecule has 0 aliphatic carbocycles. The summed E-state index contributed by atoms with van der Waals surface area (Å²) in [5, 5.41) is 15.8. The fourth-order valence-corrected chi connectivity index (χ4v) is 2.25. The van der Waals surface area contributed by atoms with Gasteiger partial charge in [-0.25, -0.2) is 4.68 Å². The Morgan fingerprint density at radius 1 is 1.42 bits per heavy atom. The highest BCUT2D eigenvalue weighted by Crippen LogP contribution is 2.24. The van der Waals surface area contributed by atoms with E-state index in [-0.39, 0.29) is 5.69 Å². The van der Waals surface area contributed by atoms with Gasteiger partial charge in [0.25, 0.3) is 5.69 Å². The van der Waals surface area contributed by atoms with Gasteiger partial charge in [0.05, 0.1) is 16.3 Å². The van der Waals surface area contributed by atoms with Gasteiger partial charge in [-0.15, -0.1) is 0 Å². The van der Waals surface area contributed by atoms with E-state index in [1.54, 1.807) is 16.8 Å². The maximum Gasteiger partial charge on any atom is 0.269 e. The van der Waals surface area contributed by atoms with Crippen LogP contribution in [0, 0.1) is 10.1 Å². The van der Waals surface area contributed by atoms with E-state index in [2.05, 4.69) is 34.9 Å². The van der Waals surface area contributed by atoms with Gasteiger partial charge in [-0.05, 0) is 23.6 Å². The summed E-state index contributed by atoms with van der Waals surface area (Å²) in [6, 6.07) is 6.76. The van der Waals surface area contributed by atoms with E-state index in [9.17, 15) is 10.1 Å². The summed E-state index contributed by atoms with van der Waals surface area (Å²) in [6.45, 7) is 4.15. The minimum Gasteiger partial charge on any atom is -0.258 e. The Kier molecular flexibility index (Phi) is 3.99. The Morgan fingerprint density at radius 3 is 2.68 bits per heavy atom. The van der Waals surface area contributed by atoms with E-state index < -0.39 is 4.92 Å². The van der Waals surface area contributed by atoms with Crippen molar-refractivity contribution in [2.75, 3.05) is 0 Å². The first-order valence-corrected chi connectivity index (χ1v) is 7.04. The van der Waals surface area contributed by atoms with Gasteiger partial charge in [-0.3, -0.25) is 10.1 Å². The number of nitrogens with zero attached hydrogens (tertiary/aromatic N) is 3. The number of nitro groups is 1. The van der Waals surface area contributed by atoms with Crippen LogP contribution in [0.25, 0.3) is 5.69 Å². The minimum atomic E-state index is -0.390. The molecule has 0 atom stereocenters. The molecule has 0 saturated heterocycles. The fourth-order valence-electron chi connectivity index (χ4n) is 1.80. The molecule has 0 bridgehead atoms. The number of rotatable bonds is 4. The van der Waals surface area contributed by atoms with Crippen molar-refractivity contribution < 1.29 is 4.92 Å². The zero-order chi connectivity index (χ0) is 14.0. The van der Waals surface area contributed by atoms with Crippen molar-refractivity contribution >= 4 is 21.6 Å². The normalized spacial score (nSPS) is 10.9. The molecule has 19 heavy (non-hydrogen) atoms. The molecule has 0 saturated carbocycles. The lowest BCUT2D eigenvalue weighted by atomic mass is 10.1. The minimum absolute atomic E-state index is 0.0921. The number of nitro benzene ring substituents is 1. The molecule has 1 aromatic heterocycles. The monoisotopic (exact) mass is 323 g/mol. The summed E-state index contributed by atoms with van der Waals surface area (Å²) in [7, 11) is 0. The van der Waals surface area contributed by atoms with Gasteiger partial charge in [0.15, 0.2) is 0 Å². The Hall–Kier alpha value is -1.69. The summed E-state index contributed by atoms with van der Waals surface area (Å²) in [5.41, 5.74) is 2.79. The third-order valence-electron chi connectivity index (χ3n) is 2.87. The molecule has 0 aliphatic heterocycles. The van der Waals surface area contributed by atoms with Crippen LogP contribution >= 0.6 is 15.9 Å². The van der Waals surface area contributed by atoms with E-state index in [0.29, 0.717) is 11.2 Å². The molecule has 0 radical (unpaired) electrons. The standard InChI is InChI=1S/C13H14BrN3O2/c1-9(2)12-5-6-16(15-12)13-4-3-11(17(18)19)7-10(13)8-14/h3-7,9H,8H2,1-2H3. The Labute approximate surface area is 119 Å². The van der Waals surface area contributed by atoms with E-state index in [1.807, 2.05) is 12.3 Å². The zero-order valence-corrected chi connectivity index (χ0v) is 12.3. The molecule has 5 nitrogen and oxygen atoms in total. The average molecular weight is 324 g/mol. The first-order chi connectivity index (χ1) is 9.02. The molecule has 0 N–H and O–H groups in total. The first-order valence-electron chi connectivity index (χ1n) is 5.92. The largest absolute Gasteiger partial charge is 0.269 e. The van der Waals surface area contributed by atoms with Crippen molar-refractivity contribution in [1.29, 1.82) is 0 Å². The molecule has 1 heterocycles. The summed E-state index contributed by atoms with van der Waals surface area (Å²) in [5.74, 6) is 0.353. The SMILES string of the molecule is CC(C)c1ccn(-c2ccc([N+](=O)[O-])cc2CBr)n1. The van der Waals surface area contributed by atoms with Crippen molar-refractivity contribution in [3.05, 3.63) is 51.8 Å². The van der Waals surface area contributed by atoms with Crippen LogP contribution in [-0.2, 0) is 5.33 Å². The smallest absolute Gasteiger partial charge is 0.258 e. The molecule has 2 aromatic rings.